The van der Waals surface area contributed by atoms with E-state index in [1.807, 2.05) is 17.9 Å². The predicted molar refractivity (Wildman–Crippen MR) is 92.3 cm³/mol. The molecule has 1 saturated carbocycles. The molecule has 1 amide bonds. The van der Waals surface area contributed by atoms with Crippen molar-refractivity contribution in [1.82, 2.24) is 15.0 Å². The smallest absolute Gasteiger partial charge is 0.223 e. The molecular formula is C18H30N4O2. The highest BCUT2D eigenvalue weighted by Crippen LogP contribution is 2.38. The van der Waals surface area contributed by atoms with Crippen molar-refractivity contribution in [1.29, 1.82) is 0 Å². The van der Waals surface area contributed by atoms with Gasteiger partial charge in [0.1, 0.15) is 0 Å². The van der Waals surface area contributed by atoms with Crippen LogP contribution in [-0.2, 0) is 11.3 Å². The largest absolute Gasteiger partial charge is 0.360 e. The second-order valence-corrected chi connectivity index (χ2v) is 7.53. The van der Waals surface area contributed by atoms with Crippen molar-refractivity contribution < 1.29 is 9.32 Å². The molecule has 1 aromatic heterocycles. The van der Waals surface area contributed by atoms with E-state index >= 15 is 0 Å². The van der Waals surface area contributed by atoms with E-state index in [1.54, 1.807) is 0 Å². The molecular weight excluding hydrogens is 304 g/mol. The van der Waals surface area contributed by atoms with E-state index in [4.69, 9.17) is 10.3 Å². The number of piperazine rings is 1. The topological polar surface area (TPSA) is 75.6 Å². The average Bonchev–Trinajstić information content (AvgIpc) is 3.01. The number of amides is 1. The third-order valence-electron chi connectivity index (χ3n) is 5.65. The van der Waals surface area contributed by atoms with Gasteiger partial charge in [-0.3, -0.25) is 9.69 Å². The van der Waals surface area contributed by atoms with E-state index in [0.717, 1.165) is 57.0 Å². The number of nitrogens with zero attached hydrogens (tertiary/aromatic N) is 3. The zero-order valence-electron chi connectivity index (χ0n) is 14.8. The normalized spacial score (nSPS) is 21.8. The summed E-state index contributed by atoms with van der Waals surface area (Å²) in [6.45, 7) is 6.72. The van der Waals surface area contributed by atoms with E-state index in [1.165, 1.54) is 19.3 Å². The van der Waals surface area contributed by atoms with Crippen molar-refractivity contribution in [2.75, 3.05) is 32.7 Å². The number of carbonyl (C=O) groups is 1. The summed E-state index contributed by atoms with van der Waals surface area (Å²) in [6.07, 6.45) is 6.57. The molecule has 1 aliphatic carbocycles. The van der Waals surface area contributed by atoms with E-state index in [-0.39, 0.29) is 11.3 Å². The zero-order chi connectivity index (χ0) is 17.0. The highest BCUT2D eigenvalue weighted by atomic mass is 16.5. The Hall–Kier alpha value is -1.40. The molecule has 0 atom stereocenters. The van der Waals surface area contributed by atoms with Crippen LogP contribution in [0.1, 0.15) is 50.0 Å². The molecule has 1 aliphatic heterocycles. The number of rotatable bonds is 5. The van der Waals surface area contributed by atoms with Crippen molar-refractivity contribution >= 4 is 5.91 Å². The van der Waals surface area contributed by atoms with Gasteiger partial charge in [-0.15, -0.1) is 0 Å². The monoisotopic (exact) mass is 334 g/mol. The minimum atomic E-state index is 0.0594. The Kier molecular flexibility index (Phi) is 5.56. The second-order valence-electron chi connectivity index (χ2n) is 7.53. The predicted octanol–water partition coefficient (Wildman–Crippen LogP) is 1.93. The lowest BCUT2D eigenvalue weighted by Crippen LogP contribution is -2.50. The van der Waals surface area contributed by atoms with Crippen LogP contribution < -0.4 is 5.73 Å². The summed E-state index contributed by atoms with van der Waals surface area (Å²) in [6, 6.07) is 1.98. The van der Waals surface area contributed by atoms with Gasteiger partial charge in [0.05, 0.1) is 12.2 Å². The first-order valence-corrected chi connectivity index (χ1v) is 9.23. The third-order valence-corrected chi connectivity index (χ3v) is 5.65. The molecule has 2 fully saturated rings. The van der Waals surface area contributed by atoms with Gasteiger partial charge in [0.2, 0.25) is 5.91 Å². The fraction of sp³-hybridized carbons (Fsp3) is 0.778. The molecule has 0 aromatic carbocycles. The van der Waals surface area contributed by atoms with Crippen molar-refractivity contribution in [3.63, 3.8) is 0 Å². The Morgan fingerprint density at radius 3 is 2.54 bits per heavy atom. The first-order valence-electron chi connectivity index (χ1n) is 9.23. The standard InChI is InChI=1S/C18H30N4O2/c1-15-11-16(24-20-15)13-21-7-9-22(10-8-21)17(23)12-18(14-19)5-3-2-4-6-18/h11H,2-10,12-14,19H2,1H3. The average molecular weight is 334 g/mol. The maximum Gasteiger partial charge on any atom is 0.223 e. The van der Waals surface area contributed by atoms with Crippen molar-refractivity contribution in [3.05, 3.63) is 17.5 Å². The molecule has 0 radical (unpaired) electrons. The van der Waals surface area contributed by atoms with Gasteiger partial charge in [-0.2, -0.15) is 0 Å². The number of aryl methyl sites for hydroxylation is 1. The van der Waals surface area contributed by atoms with Crippen molar-refractivity contribution in [3.8, 4) is 0 Å². The minimum absolute atomic E-state index is 0.0594. The van der Waals surface area contributed by atoms with Crippen LogP contribution in [0.25, 0.3) is 0 Å². The molecule has 0 spiro atoms. The van der Waals surface area contributed by atoms with Crippen molar-refractivity contribution in [2.24, 2.45) is 11.1 Å². The molecule has 2 N–H and O–H groups in total. The molecule has 1 saturated heterocycles. The molecule has 0 bridgehead atoms. The Labute approximate surface area is 144 Å². The number of hydrogen-bond acceptors (Lipinski definition) is 5. The molecule has 6 heteroatoms. The summed E-state index contributed by atoms with van der Waals surface area (Å²) in [5.74, 6) is 1.19. The van der Waals surface area contributed by atoms with Gasteiger partial charge in [-0.1, -0.05) is 24.4 Å². The van der Waals surface area contributed by atoms with Crippen LogP contribution in [0.5, 0.6) is 0 Å². The summed E-state index contributed by atoms with van der Waals surface area (Å²) in [5.41, 5.74) is 7.01. The summed E-state index contributed by atoms with van der Waals surface area (Å²) in [7, 11) is 0. The molecule has 0 unspecified atom stereocenters. The van der Waals surface area contributed by atoms with Gasteiger partial charge >= 0.3 is 0 Å². The van der Waals surface area contributed by atoms with Gasteiger partial charge < -0.3 is 15.2 Å². The molecule has 134 valence electrons. The van der Waals surface area contributed by atoms with Crippen LogP contribution in [0.4, 0.5) is 0 Å². The van der Waals surface area contributed by atoms with Crippen molar-refractivity contribution in [2.45, 2.75) is 52.0 Å². The molecule has 24 heavy (non-hydrogen) atoms. The summed E-state index contributed by atoms with van der Waals surface area (Å²) in [4.78, 5) is 17.1. The van der Waals surface area contributed by atoms with Crippen LogP contribution in [0.15, 0.2) is 10.6 Å². The lowest BCUT2D eigenvalue weighted by atomic mass is 9.71. The van der Waals surface area contributed by atoms with E-state index in [2.05, 4.69) is 10.1 Å². The van der Waals surface area contributed by atoms with E-state index in [9.17, 15) is 4.79 Å². The minimum Gasteiger partial charge on any atom is -0.360 e. The lowest BCUT2D eigenvalue weighted by Gasteiger charge is -2.39. The van der Waals surface area contributed by atoms with Gasteiger partial charge in [-0.25, -0.2) is 0 Å². The van der Waals surface area contributed by atoms with Gasteiger partial charge in [0.25, 0.3) is 0 Å². The Morgan fingerprint density at radius 2 is 1.96 bits per heavy atom. The van der Waals surface area contributed by atoms with Crippen LogP contribution in [0.2, 0.25) is 0 Å². The summed E-state index contributed by atoms with van der Waals surface area (Å²) < 4.78 is 5.28. The van der Waals surface area contributed by atoms with E-state index < -0.39 is 0 Å². The number of carbonyl (C=O) groups excluding carboxylic acids is 1. The van der Waals surface area contributed by atoms with E-state index in [0.29, 0.717) is 13.0 Å². The SMILES string of the molecule is Cc1cc(CN2CCN(C(=O)CC3(CN)CCCCC3)CC2)on1. The summed E-state index contributed by atoms with van der Waals surface area (Å²) in [5, 5.41) is 3.93. The van der Waals surface area contributed by atoms with Crippen LogP contribution in [0.3, 0.4) is 0 Å². The molecule has 2 heterocycles. The number of aromatic nitrogens is 1. The number of nitrogens with two attached hydrogens (primary N) is 1. The molecule has 2 aliphatic rings. The van der Waals surface area contributed by atoms with Gasteiger partial charge in [0, 0.05) is 38.7 Å². The van der Waals surface area contributed by atoms with Crippen LogP contribution >= 0.6 is 0 Å². The Morgan fingerprint density at radius 1 is 1.25 bits per heavy atom. The Balaban J connectivity index is 1.47. The Bertz CT molecular complexity index is 543. The quantitative estimate of drug-likeness (QED) is 0.890. The lowest BCUT2D eigenvalue weighted by molar-refractivity contribution is -0.136. The second kappa shape index (κ2) is 7.66. The maximum absolute atomic E-state index is 12.7. The first kappa shape index (κ1) is 17.4. The number of hydrogen-bond donors (Lipinski definition) is 1. The fourth-order valence-electron chi connectivity index (χ4n) is 4.05. The zero-order valence-corrected chi connectivity index (χ0v) is 14.8. The molecule has 6 nitrogen and oxygen atoms in total. The fourth-order valence-corrected chi connectivity index (χ4v) is 4.05. The van der Waals surface area contributed by atoms with Gasteiger partial charge in [0.15, 0.2) is 5.76 Å². The summed E-state index contributed by atoms with van der Waals surface area (Å²) >= 11 is 0. The van der Waals surface area contributed by atoms with Crippen LogP contribution in [0, 0.1) is 12.3 Å². The maximum atomic E-state index is 12.7. The highest BCUT2D eigenvalue weighted by molar-refractivity contribution is 5.77. The highest BCUT2D eigenvalue weighted by Gasteiger charge is 2.35. The molecule has 1 aromatic rings. The molecule has 3 rings (SSSR count). The van der Waals surface area contributed by atoms with Gasteiger partial charge in [-0.05, 0) is 31.7 Å². The third kappa shape index (κ3) is 4.16. The first-order chi connectivity index (χ1) is 11.6. The van der Waals surface area contributed by atoms with Crippen LogP contribution in [-0.4, -0.2) is 53.6 Å².